The van der Waals surface area contributed by atoms with E-state index in [1.54, 1.807) is 17.8 Å². The molecule has 0 aromatic carbocycles. The maximum Gasteiger partial charge on any atom is 0.190 e. The highest BCUT2D eigenvalue weighted by atomic mass is 79.9. The molecule has 0 aliphatic rings. The second-order valence-corrected chi connectivity index (χ2v) is 4.90. The number of nitrogens with zero attached hydrogens (tertiary/aromatic N) is 2. The van der Waals surface area contributed by atoms with Gasteiger partial charge in [-0.25, -0.2) is 9.97 Å². The molecule has 5 heteroatoms. The van der Waals surface area contributed by atoms with Crippen LogP contribution in [0.1, 0.15) is 13.8 Å². The van der Waals surface area contributed by atoms with Crippen molar-refractivity contribution in [1.82, 2.24) is 9.97 Å². The fourth-order valence-electron chi connectivity index (χ4n) is 0.719. The summed E-state index contributed by atoms with van der Waals surface area (Å²) < 4.78 is 0.742. The number of thioether (sulfide) groups is 1. The average molecular weight is 262 g/mol. The topological polar surface area (TPSA) is 51.8 Å². The minimum absolute atomic E-state index is 0.508. The van der Waals surface area contributed by atoms with Crippen molar-refractivity contribution in [2.75, 3.05) is 11.5 Å². The molecular formula is C8H12BrN3S. The number of rotatable bonds is 3. The van der Waals surface area contributed by atoms with Crippen molar-refractivity contribution in [3.05, 3.63) is 10.7 Å². The van der Waals surface area contributed by atoms with Crippen LogP contribution in [-0.2, 0) is 0 Å². The molecule has 0 spiro atoms. The van der Waals surface area contributed by atoms with Gasteiger partial charge in [-0.1, -0.05) is 25.6 Å². The van der Waals surface area contributed by atoms with Crippen LogP contribution in [0.3, 0.4) is 0 Å². The maximum atomic E-state index is 5.57. The molecule has 0 aliphatic heterocycles. The summed E-state index contributed by atoms with van der Waals surface area (Å²) in [6.07, 6.45) is 0. The predicted molar refractivity (Wildman–Crippen MR) is 59.7 cm³/mol. The molecule has 13 heavy (non-hydrogen) atoms. The third kappa shape index (κ3) is 3.95. The Morgan fingerprint density at radius 1 is 1.54 bits per heavy atom. The normalized spacial score (nSPS) is 10.8. The van der Waals surface area contributed by atoms with E-state index in [1.807, 2.05) is 0 Å². The molecule has 0 saturated heterocycles. The van der Waals surface area contributed by atoms with E-state index in [0.29, 0.717) is 11.7 Å². The second-order valence-electron chi connectivity index (χ2n) is 3.10. The molecule has 1 aromatic heterocycles. The molecule has 0 fully saturated rings. The van der Waals surface area contributed by atoms with E-state index in [9.17, 15) is 0 Å². The number of hydrogen-bond acceptors (Lipinski definition) is 4. The van der Waals surface area contributed by atoms with Gasteiger partial charge in [-0.2, -0.15) is 0 Å². The summed E-state index contributed by atoms with van der Waals surface area (Å²) in [4.78, 5) is 8.30. The molecule has 1 heterocycles. The van der Waals surface area contributed by atoms with Crippen LogP contribution in [0.2, 0.25) is 0 Å². The Morgan fingerprint density at radius 3 is 2.77 bits per heavy atom. The Bertz CT molecular complexity index is 270. The van der Waals surface area contributed by atoms with Gasteiger partial charge in [0.15, 0.2) is 5.16 Å². The minimum Gasteiger partial charge on any atom is -0.384 e. The highest BCUT2D eigenvalue weighted by Crippen LogP contribution is 2.19. The largest absolute Gasteiger partial charge is 0.384 e. The van der Waals surface area contributed by atoms with Crippen LogP contribution < -0.4 is 5.73 Å². The first kappa shape index (κ1) is 10.8. The van der Waals surface area contributed by atoms with Crippen molar-refractivity contribution in [1.29, 1.82) is 0 Å². The quantitative estimate of drug-likeness (QED) is 0.516. The van der Waals surface area contributed by atoms with Crippen LogP contribution in [0, 0.1) is 5.92 Å². The fourth-order valence-corrected chi connectivity index (χ4v) is 2.05. The molecule has 0 radical (unpaired) electrons. The van der Waals surface area contributed by atoms with E-state index in [4.69, 9.17) is 5.73 Å². The van der Waals surface area contributed by atoms with Crippen LogP contribution in [0.25, 0.3) is 0 Å². The van der Waals surface area contributed by atoms with Gasteiger partial charge < -0.3 is 5.73 Å². The number of halogens is 1. The lowest BCUT2D eigenvalue weighted by atomic mass is 10.3. The van der Waals surface area contributed by atoms with Crippen molar-refractivity contribution in [2.45, 2.75) is 19.0 Å². The number of aromatic nitrogens is 2. The summed E-state index contributed by atoms with van der Waals surface area (Å²) in [5.41, 5.74) is 5.57. The summed E-state index contributed by atoms with van der Waals surface area (Å²) in [5.74, 6) is 2.15. The summed E-state index contributed by atoms with van der Waals surface area (Å²) >= 11 is 4.90. The Balaban J connectivity index is 2.66. The third-order valence-corrected chi connectivity index (χ3v) is 2.92. The van der Waals surface area contributed by atoms with Crippen molar-refractivity contribution >= 4 is 33.5 Å². The van der Waals surface area contributed by atoms with Gasteiger partial charge in [0.05, 0.1) is 0 Å². The van der Waals surface area contributed by atoms with Gasteiger partial charge in [0.2, 0.25) is 0 Å². The lowest BCUT2D eigenvalue weighted by Gasteiger charge is -2.03. The Kier molecular flexibility index (Phi) is 3.99. The van der Waals surface area contributed by atoms with Gasteiger partial charge in [0, 0.05) is 11.8 Å². The van der Waals surface area contributed by atoms with E-state index in [-0.39, 0.29) is 0 Å². The van der Waals surface area contributed by atoms with Gasteiger partial charge in [0.25, 0.3) is 0 Å². The van der Waals surface area contributed by atoms with Gasteiger partial charge in [-0.15, -0.1) is 0 Å². The maximum absolute atomic E-state index is 5.57. The molecule has 72 valence electrons. The molecule has 2 N–H and O–H groups in total. The molecule has 0 aliphatic carbocycles. The molecule has 3 nitrogen and oxygen atoms in total. The van der Waals surface area contributed by atoms with Crippen LogP contribution >= 0.6 is 27.7 Å². The van der Waals surface area contributed by atoms with Crippen LogP contribution in [0.15, 0.2) is 15.8 Å². The number of nitrogen functional groups attached to an aromatic ring is 1. The highest BCUT2D eigenvalue weighted by molar-refractivity contribution is 9.10. The monoisotopic (exact) mass is 261 g/mol. The first-order valence-corrected chi connectivity index (χ1v) is 5.78. The number of hydrogen-bond donors (Lipinski definition) is 1. The Labute approximate surface area is 90.7 Å². The van der Waals surface area contributed by atoms with Crippen molar-refractivity contribution in [3.8, 4) is 0 Å². The van der Waals surface area contributed by atoms with Crippen molar-refractivity contribution < 1.29 is 0 Å². The van der Waals surface area contributed by atoms with Crippen LogP contribution in [0.4, 0.5) is 5.82 Å². The highest BCUT2D eigenvalue weighted by Gasteiger charge is 2.02. The van der Waals surface area contributed by atoms with Gasteiger partial charge in [-0.3, -0.25) is 0 Å². The molecule has 1 rings (SSSR count). The van der Waals surface area contributed by atoms with E-state index in [2.05, 4.69) is 39.7 Å². The van der Waals surface area contributed by atoms with Crippen molar-refractivity contribution in [3.63, 3.8) is 0 Å². The number of anilines is 1. The summed E-state index contributed by atoms with van der Waals surface area (Å²) in [6.45, 7) is 4.32. The zero-order valence-electron chi connectivity index (χ0n) is 7.62. The zero-order chi connectivity index (χ0) is 9.84. The van der Waals surface area contributed by atoms with Gasteiger partial charge in [-0.05, 0) is 21.8 Å². The zero-order valence-corrected chi connectivity index (χ0v) is 10.0. The Morgan fingerprint density at radius 2 is 2.23 bits per heavy atom. The molecule has 1 aromatic rings. The Hall–Kier alpha value is -0.290. The molecule has 0 atom stereocenters. The van der Waals surface area contributed by atoms with Crippen LogP contribution in [0.5, 0.6) is 0 Å². The van der Waals surface area contributed by atoms with E-state index >= 15 is 0 Å². The molecule has 0 amide bonds. The number of nitrogens with two attached hydrogens (primary N) is 1. The van der Waals surface area contributed by atoms with E-state index in [1.165, 1.54) is 0 Å². The first-order chi connectivity index (χ1) is 6.08. The molecule has 0 saturated carbocycles. The standard InChI is InChI=1S/C8H12BrN3S/c1-5(2)4-13-8-11-6(9)3-7(10)12-8/h3,5H,4H2,1-2H3,(H2,10,11,12). The van der Waals surface area contributed by atoms with E-state index in [0.717, 1.165) is 15.5 Å². The first-order valence-electron chi connectivity index (χ1n) is 4.01. The summed E-state index contributed by atoms with van der Waals surface area (Å²) in [6, 6.07) is 1.69. The lowest BCUT2D eigenvalue weighted by Crippen LogP contribution is -1.97. The van der Waals surface area contributed by atoms with Crippen LogP contribution in [-0.4, -0.2) is 15.7 Å². The van der Waals surface area contributed by atoms with Gasteiger partial charge >= 0.3 is 0 Å². The minimum atomic E-state index is 0.508. The fraction of sp³-hybridized carbons (Fsp3) is 0.500. The summed E-state index contributed by atoms with van der Waals surface area (Å²) in [7, 11) is 0. The van der Waals surface area contributed by atoms with Gasteiger partial charge in [0.1, 0.15) is 10.4 Å². The molecular weight excluding hydrogens is 250 g/mol. The van der Waals surface area contributed by atoms with Crippen molar-refractivity contribution in [2.24, 2.45) is 5.92 Å². The second kappa shape index (κ2) is 4.81. The molecule has 0 unspecified atom stereocenters. The summed E-state index contributed by atoms with van der Waals surface area (Å²) in [5, 5.41) is 0.737. The smallest absolute Gasteiger partial charge is 0.190 e. The average Bonchev–Trinajstić information content (AvgIpc) is 1.99. The predicted octanol–water partition coefficient (Wildman–Crippen LogP) is 2.57. The van der Waals surface area contributed by atoms with E-state index < -0.39 is 0 Å². The third-order valence-electron chi connectivity index (χ3n) is 1.24. The lowest BCUT2D eigenvalue weighted by molar-refractivity contribution is 0.747. The molecule has 0 bridgehead atoms. The SMILES string of the molecule is CC(C)CSc1nc(N)cc(Br)n1.